The van der Waals surface area contributed by atoms with E-state index in [2.05, 4.69) is 29.6 Å². The fraction of sp³-hybridized carbons (Fsp3) is 0.316. The molecular weight excluding hydrogens is 320 g/mol. The Morgan fingerprint density at radius 2 is 1.83 bits per heavy atom. The van der Waals surface area contributed by atoms with Crippen LogP contribution in [-0.4, -0.2) is 37.8 Å². The Bertz CT molecular complexity index is 662. The minimum absolute atomic E-state index is 0.671. The van der Waals surface area contributed by atoms with Crippen LogP contribution in [0.25, 0.3) is 0 Å². The minimum Gasteiger partial charge on any atom is -0.497 e. The van der Waals surface area contributed by atoms with Crippen LogP contribution in [0.4, 0.5) is 0 Å². The third-order valence-corrected chi connectivity index (χ3v) is 4.24. The predicted octanol–water partition coefficient (Wildman–Crippen LogP) is 3.25. The topological polar surface area (TPSA) is 33.7 Å². The lowest BCUT2D eigenvalue weighted by Crippen LogP contribution is -2.37. The van der Waals surface area contributed by atoms with Crippen LogP contribution in [0.15, 0.2) is 48.5 Å². The molecule has 0 bridgehead atoms. The molecule has 1 N–H and O–H groups in total. The van der Waals surface area contributed by atoms with Gasteiger partial charge < -0.3 is 19.7 Å². The summed E-state index contributed by atoms with van der Waals surface area (Å²) in [6.07, 6.45) is 0.945. The highest BCUT2D eigenvalue weighted by molar-refractivity contribution is 7.80. The van der Waals surface area contributed by atoms with E-state index in [0.29, 0.717) is 6.54 Å². The molecule has 0 fully saturated rings. The smallest absolute Gasteiger partial charge is 0.168 e. The van der Waals surface area contributed by atoms with Crippen molar-refractivity contribution in [3.63, 3.8) is 0 Å². The van der Waals surface area contributed by atoms with Crippen molar-refractivity contribution in [3.05, 3.63) is 59.7 Å². The molecule has 2 aromatic rings. The van der Waals surface area contributed by atoms with Gasteiger partial charge in [-0.3, -0.25) is 0 Å². The van der Waals surface area contributed by atoms with Gasteiger partial charge in [0.25, 0.3) is 0 Å². The molecule has 0 spiro atoms. The lowest BCUT2D eigenvalue weighted by molar-refractivity contribution is 0.383. The molecule has 2 aromatic carbocycles. The Balaban J connectivity index is 1.87. The fourth-order valence-corrected chi connectivity index (χ4v) is 2.57. The maximum Gasteiger partial charge on any atom is 0.168 e. The van der Waals surface area contributed by atoms with Gasteiger partial charge in [0.05, 0.1) is 14.2 Å². The Kier molecular flexibility index (Phi) is 6.88. The van der Waals surface area contributed by atoms with Gasteiger partial charge in [-0.05, 0) is 36.3 Å². The molecular formula is C19H24N2O2S. The molecule has 0 atom stereocenters. The highest BCUT2D eigenvalue weighted by Gasteiger charge is 2.10. The third kappa shape index (κ3) is 5.13. The van der Waals surface area contributed by atoms with Crippen LogP contribution in [0.5, 0.6) is 11.5 Å². The number of hydrogen-bond donors (Lipinski definition) is 1. The average Bonchev–Trinajstić information content (AvgIpc) is 2.62. The second-order valence-corrected chi connectivity index (χ2v) is 5.89. The van der Waals surface area contributed by atoms with E-state index in [1.807, 2.05) is 36.2 Å². The van der Waals surface area contributed by atoms with E-state index < -0.39 is 0 Å². The predicted molar refractivity (Wildman–Crippen MR) is 102 cm³/mol. The summed E-state index contributed by atoms with van der Waals surface area (Å²) < 4.78 is 10.7. The quantitative estimate of drug-likeness (QED) is 0.780. The Labute approximate surface area is 149 Å². The van der Waals surface area contributed by atoms with Crippen LogP contribution < -0.4 is 14.8 Å². The van der Waals surface area contributed by atoms with E-state index in [0.717, 1.165) is 35.1 Å². The molecule has 5 heteroatoms. The minimum atomic E-state index is 0.671. The zero-order valence-corrected chi connectivity index (χ0v) is 15.2. The molecule has 0 aliphatic rings. The number of nitrogens with zero attached hydrogens (tertiary/aromatic N) is 1. The molecule has 2 rings (SSSR count). The van der Waals surface area contributed by atoms with Gasteiger partial charge in [-0.2, -0.15) is 0 Å². The standard InChI is InChI=1S/C19H24N2O2S/c1-21(14-16-9-10-17(22-2)13-18(16)23-3)19(24)20-12-11-15-7-5-4-6-8-15/h4-10,13H,11-12,14H2,1-3H3,(H,20,24). The summed E-state index contributed by atoms with van der Waals surface area (Å²) in [5.74, 6) is 1.58. The van der Waals surface area contributed by atoms with E-state index in [-0.39, 0.29) is 0 Å². The van der Waals surface area contributed by atoms with E-state index in [9.17, 15) is 0 Å². The largest absolute Gasteiger partial charge is 0.497 e. The molecule has 0 radical (unpaired) electrons. The molecule has 0 saturated heterocycles. The van der Waals surface area contributed by atoms with Gasteiger partial charge in [0.2, 0.25) is 0 Å². The van der Waals surface area contributed by atoms with E-state index in [1.54, 1.807) is 14.2 Å². The Morgan fingerprint density at radius 1 is 1.08 bits per heavy atom. The molecule has 128 valence electrons. The number of nitrogens with one attached hydrogen (secondary N) is 1. The molecule has 4 nitrogen and oxygen atoms in total. The number of methoxy groups -OCH3 is 2. The first-order valence-corrected chi connectivity index (χ1v) is 8.28. The highest BCUT2D eigenvalue weighted by Crippen LogP contribution is 2.25. The van der Waals surface area contributed by atoms with Crippen LogP contribution in [0.2, 0.25) is 0 Å². The van der Waals surface area contributed by atoms with Crippen LogP contribution in [-0.2, 0) is 13.0 Å². The highest BCUT2D eigenvalue weighted by atomic mass is 32.1. The van der Waals surface area contributed by atoms with Crippen LogP contribution >= 0.6 is 12.2 Å². The average molecular weight is 344 g/mol. The van der Waals surface area contributed by atoms with Gasteiger partial charge in [-0.15, -0.1) is 0 Å². The first kappa shape index (κ1) is 18.1. The monoisotopic (exact) mass is 344 g/mol. The molecule has 0 saturated carbocycles. The summed E-state index contributed by atoms with van der Waals surface area (Å²) in [5.41, 5.74) is 2.36. The molecule has 0 aliphatic carbocycles. The molecule has 24 heavy (non-hydrogen) atoms. The van der Waals surface area contributed by atoms with Crippen LogP contribution in [0.3, 0.4) is 0 Å². The Morgan fingerprint density at radius 3 is 2.50 bits per heavy atom. The normalized spacial score (nSPS) is 10.1. The summed E-state index contributed by atoms with van der Waals surface area (Å²) in [4.78, 5) is 2.00. The summed E-state index contributed by atoms with van der Waals surface area (Å²) >= 11 is 5.47. The fourth-order valence-electron chi connectivity index (χ4n) is 2.40. The second kappa shape index (κ2) is 9.13. The van der Waals surface area contributed by atoms with Crippen LogP contribution in [0.1, 0.15) is 11.1 Å². The van der Waals surface area contributed by atoms with Gasteiger partial charge in [0, 0.05) is 31.8 Å². The van der Waals surface area contributed by atoms with E-state index in [4.69, 9.17) is 21.7 Å². The second-order valence-electron chi connectivity index (χ2n) is 5.50. The van der Waals surface area contributed by atoms with Gasteiger partial charge in [-0.25, -0.2) is 0 Å². The first-order valence-electron chi connectivity index (χ1n) is 7.88. The van der Waals surface area contributed by atoms with Gasteiger partial charge >= 0.3 is 0 Å². The summed E-state index contributed by atoms with van der Waals surface area (Å²) in [5, 5.41) is 4.03. The number of hydrogen-bond acceptors (Lipinski definition) is 3. The number of thiocarbonyl (C=S) groups is 1. The maximum absolute atomic E-state index is 5.47. The molecule has 0 heterocycles. The summed E-state index contributed by atoms with van der Waals surface area (Å²) in [6.45, 7) is 1.48. The van der Waals surface area contributed by atoms with Crippen molar-refractivity contribution in [2.75, 3.05) is 27.8 Å². The third-order valence-electron chi connectivity index (χ3n) is 3.78. The number of benzene rings is 2. The Hall–Kier alpha value is -2.27. The van der Waals surface area contributed by atoms with Gasteiger partial charge in [0.15, 0.2) is 5.11 Å². The number of ether oxygens (including phenoxy) is 2. The van der Waals surface area contributed by atoms with Crippen molar-refractivity contribution in [2.45, 2.75) is 13.0 Å². The van der Waals surface area contributed by atoms with Crippen molar-refractivity contribution in [3.8, 4) is 11.5 Å². The van der Waals surface area contributed by atoms with Gasteiger partial charge in [-0.1, -0.05) is 30.3 Å². The van der Waals surface area contributed by atoms with Crippen molar-refractivity contribution >= 4 is 17.3 Å². The van der Waals surface area contributed by atoms with Gasteiger partial charge in [0.1, 0.15) is 11.5 Å². The van der Waals surface area contributed by atoms with Crippen molar-refractivity contribution in [2.24, 2.45) is 0 Å². The van der Waals surface area contributed by atoms with Crippen molar-refractivity contribution in [1.29, 1.82) is 0 Å². The SMILES string of the molecule is COc1ccc(CN(C)C(=S)NCCc2ccccc2)c(OC)c1. The lowest BCUT2D eigenvalue weighted by atomic mass is 10.1. The van der Waals surface area contributed by atoms with E-state index >= 15 is 0 Å². The molecule has 0 aromatic heterocycles. The zero-order chi connectivity index (χ0) is 17.4. The molecule has 0 unspecified atom stereocenters. The van der Waals surface area contributed by atoms with Crippen LogP contribution in [0, 0.1) is 0 Å². The lowest BCUT2D eigenvalue weighted by Gasteiger charge is -2.22. The first-order chi connectivity index (χ1) is 11.6. The molecule has 0 aliphatic heterocycles. The van der Waals surface area contributed by atoms with Crippen molar-refractivity contribution < 1.29 is 9.47 Å². The van der Waals surface area contributed by atoms with E-state index in [1.165, 1.54) is 5.56 Å². The molecule has 0 amide bonds. The summed E-state index contributed by atoms with van der Waals surface area (Å²) in [6, 6.07) is 16.2. The number of rotatable bonds is 7. The van der Waals surface area contributed by atoms with Crippen molar-refractivity contribution in [1.82, 2.24) is 10.2 Å². The summed E-state index contributed by atoms with van der Waals surface area (Å²) in [7, 11) is 5.28. The zero-order valence-electron chi connectivity index (χ0n) is 14.4. The maximum atomic E-state index is 5.47.